The second-order valence-electron chi connectivity index (χ2n) is 3.93. The standard InChI is InChI=1S/C13H18ClNO2/c1-4-12(15-9(2)13(16)17-3)10-6-5-7-11(14)8-10/h5-9,12,15H,4H2,1-3H3/t9-,12?/m1/s1. The average molecular weight is 256 g/mol. The summed E-state index contributed by atoms with van der Waals surface area (Å²) in [5.41, 5.74) is 1.08. The molecule has 0 fully saturated rings. The number of carbonyl (C=O) groups excluding carboxylic acids is 1. The van der Waals surface area contributed by atoms with Gasteiger partial charge in [-0.2, -0.15) is 0 Å². The molecule has 0 saturated heterocycles. The SMILES string of the molecule is CCC(N[C@H](C)C(=O)OC)c1cccc(Cl)c1. The summed E-state index contributed by atoms with van der Waals surface area (Å²) < 4.78 is 4.69. The molecule has 0 heterocycles. The van der Waals surface area contributed by atoms with Crippen LogP contribution in [-0.2, 0) is 9.53 Å². The van der Waals surface area contributed by atoms with Crippen molar-refractivity contribution in [1.29, 1.82) is 0 Å². The molecular formula is C13H18ClNO2. The van der Waals surface area contributed by atoms with E-state index in [1.165, 1.54) is 7.11 Å². The summed E-state index contributed by atoms with van der Waals surface area (Å²) >= 11 is 5.95. The molecule has 1 N–H and O–H groups in total. The highest BCUT2D eigenvalue weighted by Crippen LogP contribution is 2.20. The zero-order chi connectivity index (χ0) is 12.8. The van der Waals surface area contributed by atoms with Crippen LogP contribution in [0.2, 0.25) is 5.02 Å². The highest BCUT2D eigenvalue weighted by molar-refractivity contribution is 6.30. The Hall–Kier alpha value is -1.06. The molecule has 94 valence electrons. The lowest BCUT2D eigenvalue weighted by Gasteiger charge is -2.21. The molecule has 1 aromatic carbocycles. The van der Waals surface area contributed by atoms with Gasteiger partial charge in [0.2, 0.25) is 0 Å². The largest absolute Gasteiger partial charge is 0.468 e. The minimum atomic E-state index is -0.330. The molecule has 3 nitrogen and oxygen atoms in total. The van der Waals surface area contributed by atoms with Gasteiger partial charge in [0, 0.05) is 11.1 Å². The fourth-order valence-electron chi connectivity index (χ4n) is 1.72. The van der Waals surface area contributed by atoms with Crippen LogP contribution in [0.25, 0.3) is 0 Å². The van der Waals surface area contributed by atoms with Crippen LogP contribution in [0.15, 0.2) is 24.3 Å². The number of hydrogen-bond acceptors (Lipinski definition) is 3. The molecule has 1 unspecified atom stereocenters. The molecule has 1 aromatic rings. The Kier molecular flexibility index (Phi) is 5.45. The van der Waals surface area contributed by atoms with Crippen LogP contribution in [0.3, 0.4) is 0 Å². The Morgan fingerprint density at radius 1 is 1.53 bits per heavy atom. The van der Waals surface area contributed by atoms with Crippen molar-refractivity contribution in [3.8, 4) is 0 Å². The highest BCUT2D eigenvalue weighted by Gasteiger charge is 2.18. The maximum atomic E-state index is 11.4. The number of hydrogen-bond donors (Lipinski definition) is 1. The summed E-state index contributed by atoms with van der Waals surface area (Å²) in [4.78, 5) is 11.4. The van der Waals surface area contributed by atoms with Gasteiger partial charge in [-0.05, 0) is 31.0 Å². The first-order chi connectivity index (χ1) is 8.08. The van der Waals surface area contributed by atoms with Gasteiger partial charge in [-0.1, -0.05) is 30.7 Å². The summed E-state index contributed by atoms with van der Waals surface area (Å²) in [7, 11) is 1.39. The lowest BCUT2D eigenvalue weighted by molar-refractivity contribution is -0.142. The number of rotatable bonds is 5. The van der Waals surface area contributed by atoms with Crippen molar-refractivity contribution < 1.29 is 9.53 Å². The van der Waals surface area contributed by atoms with Crippen LogP contribution >= 0.6 is 11.6 Å². The van der Waals surface area contributed by atoms with E-state index in [4.69, 9.17) is 11.6 Å². The van der Waals surface area contributed by atoms with Gasteiger partial charge in [0.1, 0.15) is 6.04 Å². The van der Waals surface area contributed by atoms with Gasteiger partial charge < -0.3 is 4.74 Å². The van der Waals surface area contributed by atoms with Gasteiger partial charge in [-0.3, -0.25) is 10.1 Å². The summed E-state index contributed by atoms with van der Waals surface area (Å²) in [5.74, 6) is -0.259. The Balaban J connectivity index is 2.75. The molecule has 0 saturated carbocycles. The summed E-state index contributed by atoms with van der Waals surface area (Å²) in [5, 5.41) is 3.93. The van der Waals surface area contributed by atoms with Gasteiger partial charge in [-0.15, -0.1) is 0 Å². The van der Waals surface area contributed by atoms with Crippen LogP contribution in [0.1, 0.15) is 31.9 Å². The molecule has 0 bridgehead atoms. The summed E-state index contributed by atoms with van der Waals surface area (Å²) in [6.07, 6.45) is 0.877. The highest BCUT2D eigenvalue weighted by atomic mass is 35.5. The van der Waals surface area contributed by atoms with Crippen molar-refractivity contribution >= 4 is 17.6 Å². The van der Waals surface area contributed by atoms with Gasteiger partial charge >= 0.3 is 5.97 Å². The number of methoxy groups -OCH3 is 1. The van der Waals surface area contributed by atoms with Crippen molar-refractivity contribution in [3.63, 3.8) is 0 Å². The van der Waals surface area contributed by atoms with Crippen LogP contribution in [0.5, 0.6) is 0 Å². The third-order valence-electron chi connectivity index (χ3n) is 2.67. The predicted octanol–water partition coefficient (Wildman–Crippen LogP) is 2.94. The summed E-state index contributed by atoms with van der Waals surface area (Å²) in [6, 6.07) is 7.42. The van der Waals surface area contributed by atoms with E-state index in [-0.39, 0.29) is 18.1 Å². The van der Waals surface area contributed by atoms with Crippen molar-refractivity contribution in [3.05, 3.63) is 34.9 Å². The van der Waals surface area contributed by atoms with Gasteiger partial charge in [-0.25, -0.2) is 0 Å². The van der Waals surface area contributed by atoms with Crippen LogP contribution < -0.4 is 5.32 Å². The van der Waals surface area contributed by atoms with Gasteiger partial charge in [0.05, 0.1) is 7.11 Å². The number of benzene rings is 1. The molecule has 0 aromatic heterocycles. The molecule has 17 heavy (non-hydrogen) atoms. The number of ether oxygens (including phenoxy) is 1. The molecule has 0 amide bonds. The van der Waals surface area contributed by atoms with Crippen molar-refractivity contribution in [2.24, 2.45) is 0 Å². The number of nitrogens with one attached hydrogen (secondary N) is 1. The monoisotopic (exact) mass is 255 g/mol. The number of carbonyl (C=O) groups is 1. The van der Waals surface area contributed by atoms with E-state index >= 15 is 0 Å². The zero-order valence-electron chi connectivity index (χ0n) is 10.4. The third-order valence-corrected chi connectivity index (χ3v) is 2.90. The van der Waals surface area contributed by atoms with E-state index in [0.29, 0.717) is 5.02 Å². The van der Waals surface area contributed by atoms with E-state index in [1.807, 2.05) is 24.3 Å². The Morgan fingerprint density at radius 3 is 2.76 bits per heavy atom. The lowest BCUT2D eigenvalue weighted by atomic mass is 10.0. The van der Waals surface area contributed by atoms with Crippen molar-refractivity contribution in [1.82, 2.24) is 5.32 Å². The van der Waals surface area contributed by atoms with Crippen molar-refractivity contribution in [2.45, 2.75) is 32.4 Å². The van der Waals surface area contributed by atoms with Gasteiger partial charge in [0.15, 0.2) is 0 Å². The maximum Gasteiger partial charge on any atom is 0.322 e. The van der Waals surface area contributed by atoms with E-state index in [2.05, 4.69) is 17.0 Å². The van der Waals surface area contributed by atoms with Crippen LogP contribution in [-0.4, -0.2) is 19.1 Å². The smallest absolute Gasteiger partial charge is 0.322 e. The first-order valence-corrected chi connectivity index (χ1v) is 6.05. The van der Waals surface area contributed by atoms with E-state index in [0.717, 1.165) is 12.0 Å². The fraction of sp³-hybridized carbons (Fsp3) is 0.462. The molecule has 0 aliphatic rings. The first kappa shape index (κ1) is 14.0. The average Bonchev–Trinajstić information content (AvgIpc) is 2.34. The topological polar surface area (TPSA) is 38.3 Å². The quantitative estimate of drug-likeness (QED) is 0.822. The normalized spacial score (nSPS) is 14.1. The van der Waals surface area contributed by atoms with Crippen LogP contribution in [0.4, 0.5) is 0 Å². The molecule has 0 aliphatic heterocycles. The molecule has 0 aliphatic carbocycles. The maximum absolute atomic E-state index is 11.4. The Bertz CT molecular complexity index is 381. The number of halogens is 1. The minimum Gasteiger partial charge on any atom is -0.468 e. The predicted molar refractivity (Wildman–Crippen MR) is 69.1 cm³/mol. The molecule has 2 atom stereocenters. The van der Waals surface area contributed by atoms with E-state index < -0.39 is 0 Å². The second-order valence-corrected chi connectivity index (χ2v) is 4.36. The Morgan fingerprint density at radius 2 is 2.24 bits per heavy atom. The molecule has 1 rings (SSSR count). The third kappa shape index (κ3) is 4.02. The molecular weight excluding hydrogens is 238 g/mol. The second kappa shape index (κ2) is 6.62. The van der Waals surface area contributed by atoms with E-state index in [1.54, 1.807) is 6.92 Å². The molecule has 0 radical (unpaired) electrons. The zero-order valence-corrected chi connectivity index (χ0v) is 11.1. The first-order valence-electron chi connectivity index (χ1n) is 5.67. The summed E-state index contributed by atoms with van der Waals surface area (Å²) in [6.45, 7) is 3.85. The van der Waals surface area contributed by atoms with Gasteiger partial charge in [0.25, 0.3) is 0 Å². The lowest BCUT2D eigenvalue weighted by Crippen LogP contribution is -2.37. The molecule has 0 spiro atoms. The fourth-order valence-corrected chi connectivity index (χ4v) is 1.92. The Labute approximate surface area is 107 Å². The van der Waals surface area contributed by atoms with E-state index in [9.17, 15) is 4.79 Å². The minimum absolute atomic E-state index is 0.0998. The van der Waals surface area contributed by atoms with Crippen LogP contribution in [0, 0.1) is 0 Å². The van der Waals surface area contributed by atoms with Crippen molar-refractivity contribution in [2.75, 3.05) is 7.11 Å². The molecule has 4 heteroatoms. The number of esters is 1.